The lowest BCUT2D eigenvalue weighted by Crippen LogP contribution is -2.63. The summed E-state index contributed by atoms with van der Waals surface area (Å²) in [6.45, 7) is 3.16. The highest BCUT2D eigenvalue weighted by molar-refractivity contribution is 5.85. The number of cyclic esters (lactones) is 1. The first-order valence-corrected chi connectivity index (χ1v) is 23.7. The summed E-state index contributed by atoms with van der Waals surface area (Å²) in [7, 11) is 0. The van der Waals surface area contributed by atoms with Crippen LogP contribution in [0.4, 0.5) is 0 Å². The fraction of sp³-hybridized carbons (Fsp3) is 0.653. The molecule has 6 unspecified atom stereocenters. The van der Waals surface area contributed by atoms with Crippen molar-refractivity contribution < 1.29 is 84.4 Å². The standard InChI is InChI=1S/C49H75N3O17/c1-29-15-13-11-9-7-5-3-4-6-8-10-12-14-16-35(68-48-45(62)44(50)40(60)28-66-48)23-41-43(47(64)52-26-31(27-52)46(51)63)39(59)25-49(65,69-41)24-34(55)21-38(58)36(56)18-17-32(53)20-33(54)22-42(61)67-30(2)19-37(29)57/h3-16,29-41,43-45,48,53-60,62,65H,17-28,50H2,1-2H3,(H2,51,63)/b4-3+,7-5+,8-6+,11-9+,12-10+,15-13+,16-14+/t29-,30-,32?,33+,34?,35?,36?,37-,38+,39-,40+,41-,43?,44-,45-,48-,49?/m0/s1. The third-order valence-corrected chi connectivity index (χ3v) is 12.6. The zero-order valence-corrected chi connectivity index (χ0v) is 39.3. The number of nitrogens with two attached hydrogens (primary N) is 2. The molecule has 20 heteroatoms. The summed E-state index contributed by atoms with van der Waals surface area (Å²) in [6.07, 6.45) is 5.11. The number of hydrogen-bond donors (Lipinski definition) is 12. The molecule has 4 aliphatic heterocycles. The van der Waals surface area contributed by atoms with Crippen LogP contribution < -0.4 is 11.5 Å². The van der Waals surface area contributed by atoms with Crippen LogP contribution >= 0.6 is 0 Å². The first kappa shape index (κ1) is 57.6. The molecule has 2 bridgehead atoms. The van der Waals surface area contributed by atoms with Crippen LogP contribution in [0.25, 0.3) is 0 Å². The maximum absolute atomic E-state index is 14.0. The lowest BCUT2D eigenvalue weighted by atomic mass is 9.81. The molecular formula is C49H75N3O17. The van der Waals surface area contributed by atoms with E-state index in [-0.39, 0.29) is 57.7 Å². The minimum atomic E-state index is -2.31. The number of ether oxygens (including phenoxy) is 4. The minimum Gasteiger partial charge on any atom is -0.462 e. The third kappa shape index (κ3) is 18.9. The fourth-order valence-electron chi connectivity index (χ4n) is 8.54. The van der Waals surface area contributed by atoms with Crippen LogP contribution in [0, 0.1) is 17.8 Å². The zero-order valence-electron chi connectivity index (χ0n) is 39.3. The summed E-state index contributed by atoms with van der Waals surface area (Å²) in [4.78, 5) is 39.6. The summed E-state index contributed by atoms with van der Waals surface area (Å²) < 4.78 is 23.3. The molecule has 69 heavy (non-hydrogen) atoms. The van der Waals surface area contributed by atoms with Crippen molar-refractivity contribution in [2.45, 2.75) is 163 Å². The second kappa shape index (κ2) is 28.2. The quantitative estimate of drug-likeness (QED) is 0.149. The van der Waals surface area contributed by atoms with Gasteiger partial charge in [-0.15, -0.1) is 0 Å². The van der Waals surface area contributed by atoms with Crippen molar-refractivity contribution in [3.63, 3.8) is 0 Å². The Morgan fingerprint density at radius 1 is 0.696 bits per heavy atom. The number of nitrogens with zero attached hydrogens (tertiary/aromatic N) is 1. The predicted molar refractivity (Wildman–Crippen MR) is 249 cm³/mol. The Morgan fingerprint density at radius 2 is 1.29 bits per heavy atom. The van der Waals surface area contributed by atoms with Crippen molar-refractivity contribution in [3.8, 4) is 0 Å². The van der Waals surface area contributed by atoms with Crippen molar-refractivity contribution in [1.82, 2.24) is 4.90 Å². The predicted octanol–water partition coefficient (Wildman–Crippen LogP) is -1.06. The van der Waals surface area contributed by atoms with Crippen LogP contribution in [0.5, 0.6) is 0 Å². The van der Waals surface area contributed by atoms with Crippen molar-refractivity contribution in [2.75, 3.05) is 19.7 Å². The number of fused-ring (bicyclic) bond motifs is 2. The van der Waals surface area contributed by atoms with Gasteiger partial charge in [0.15, 0.2) is 12.1 Å². The van der Waals surface area contributed by atoms with E-state index in [1.807, 2.05) is 25.2 Å². The summed E-state index contributed by atoms with van der Waals surface area (Å²) in [6, 6.07) is -1.13. The molecular weight excluding hydrogens is 903 g/mol. The largest absolute Gasteiger partial charge is 0.462 e. The van der Waals surface area contributed by atoms with Gasteiger partial charge in [-0.2, -0.15) is 0 Å². The van der Waals surface area contributed by atoms with Gasteiger partial charge in [0.2, 0.25) is 11.8 Å². The molecule has 14 N–H and O–H groups in total. The van der Waals surface area contributed by atoms with Crippen LogP contribution in [-0.2, 0) is 33.3 Å². The normalized spacial score (nSPS) is 42.6. The fourth-order valence-corrected chi connectivity index (χ4v) is 8.54. The minimum absolute atomic E-state index is 0.00862. The van der Waals surface area contributed by atoms with Gasteiger partial charge >= 0.3 is 5.97 Å². The van der Waals surface area contributed by atoms with E-state index in [4.69, 9.17) is 30.4 Å². The Balaban J connectivity index is 1.58. The third-order valence-electron chi connectivity index (χ3n) is 12.6. The summed E-state index contributed by atoms with van der Waals surface area (Å²) >= 11 is 0. The molecule has 4 rings (SSSR count). The van der Waals surface area contributed by atoms with Crippen LogP contribution in [0.2, 0.25) is 0 Å². The molecule has 0 saturated carbocycles. The van der Waals surface area contributed by atoms with E-state index in [2.05, 4.69) is 0 Å². The highest BCUT2D eigenvalue weighted by Crippen LogP contribution is 2.39. The number of carbonyl (C=O) groups is 3. The maximum Gasteiger partial charge on any atom is 0.308 e. The SMILES string of the molecule is C[C@H]1C[C@H](O)[C@@H](C)/C=C/C=C/C=C/C=C/C=C/C=C/C=C/C(O[C@@H]2OC[C@@H](O)[C@H](N)[C@@H]2O)C[C@@H]2OC(O)(CC(O)C[C@@H](O)C(O)CCC(O)C[C@@H](O)CC(=O)O1)C[C@H](O)C2C(=O)N1CC(C(N)=O)C1. The number of likely N-dealkylation sites (tertiary alicyclic amines) is 1. The molecule has 0 aromatic rings. The monoisotopic (exact) mass is 978 g/mol. The number of esters is 1. The van der Waals surface area contributed by atoms with E-state index in [0.717, 1.165) is 0 Å². The van der Waals surface area contributed by atoms with E-state index in [1.54, 1.807) is 73.8 Å². The Hall–Kier alpha value is -3.97. The summed E-state index contributed by atoms with van der Waals surface area (Å²) in [5.41, 5.74) is 11.4. The topological polar surface area (TPSA) is 346 Å². The Morgan fingerprint density at radius 3 is 1.90 bits per heavy atom. The van der Waals surface area contributed by atoms with Crippen LogP contribution in [0.15, 0.2) is 85.1 Å². The molecule has 17 atom stereocenters. The second-order valence-corrected chi connectivity index (χ2v) is 18.7. The van der Waals surface area contributed by atoms with Crippen molar-refractivity contribution in [2.24, 2.45) is 29.2 Å². The Bertz CT molecular complexity index is 1840. The van der Waals surface area contributed by atoms with Gasteiger partial charge in [0, 0.05) is 51.1 Å². The average molecular weight is 978 g/mol. The number of allylic oxidation sites excluding steroid dienone is 12. The van der Waals surface area contributed by atoms with Gasteiger partial charge in [-0.1, -0.05) is 92.0 Å². The molecule has 20 nitrogen and oxygen atoms in total. The smallest absolute Gasteiger partial charge is 0.308 e. The van der Waals surface area contributed by atoms with Gasteiger partial charge in [0.25, 0.3) is 0 Å². The first-order valence-electron chi connectivity index (χ1n) is 23.7. The van der Waals surface area contributed by atoms with E-state index in [0.29, 0.717) is 0 Å². The second-order valence-electron chi connectivity index (χ2n) is 18.7. The van der Waals surface area contributed by atoms with Crippen molar-refractivity contribution in [1.29, 1.82) is 0 Å². The molecule has 3 saturated heterocycles. The van der Waals surface area contributed by atoms with Crippen molar-refractivity contribution >= 4 is 17.8 Å². The molecule has 0 aliphatic carbocycles. The van der Waals surface area contributed by atoms with Gasteiger partial charge in [-0.05, 0) is 26.2 Å². The molecule has 2 amide bonds. The van der Waals surface area contributed by atoms with E-state index < -0.39 is 147 Å². The van der Waals surface area contributed by atoms with Crippen LogP contribution in [-0.4, -0.2) is 185 Å². The lowest BCUT2D eigenvalue weighted by molar-refractivity contribution is -0.305. The zero-order chi connectivity index (χ0) is 50.8. The van der Waals surface area contributed by atoms with Gasteiger partial charge in [0.1, 0.15) is 12.2 Å². The molecule has 0 aromatic carbocycles. The summed E-state index contributed by atoms with van der Waals surface area (Å²) in [5, 5.41) is 109. The molecule has 0 radical (unpaired) electrons. The molecule has 3 fully saturated rings. The number of aliphatic hydroxyl groups excluding tert-OH is 9. The van der Waals surface area contributed by atoms with E-state index in [1.165, 1.54) is 4.90 Å². The first-order chi connectivity index (χ1) is 32.7. The van der Waals surface area contributed by atoms with Crippen molar-refractivity contribution in [3.05, 3.63) is 85.1 Å². The van der Waals surface area contributed by atoms with Crippen LogP contribution in [0.1, 0.15) is 71.6 Å². The average Bonchev–Trinajstić information content (AvgIpc) is 3.23. The number of amides is 2. The number of aliphatic hydroxyl groups is 10. The Kier molecular flexibility index (Phi) is 23.5. The van der Waals surface area contributed by atoms with E-state index >= 15 is 0 Å². The molecule has 388 valence electrons. The van der Waals surface area contributed by atoms with Gasteiger partial charge in [-0.25, -0.2) is 0 Å². The highest BCUT2D eigenvalue weighted by atomic mass is 16.7. The number of rotatable bonds is 4. The molecule has 0 aromatic heterocycles. The molecule has 4 aliphatic rings. The van der Waals surface area contributed by atoms with Gasteiger partial charge in [0.05, 0.1) is 91.9 Å². The number of hydrogen-bond acceptors (Lipinski definition) is 18. The lowest BCUT2D eigenvalue weighted by Gasteiger charge is -2.48. The van der Waals surface area contributed by atoms with Gasteiger partial charge < -0.3 is 86.4 Å². The van der Waals surface area contributed by atoms with E-state index in [9.17, 15) is 65.4 Å². The number of primary amides is 1. The highest BCUT2D eigenvalue weighted by Gasteiger charge is 2.52. The van der Waals surface area contributed by atoms with Crippen LogP contribution in [0.3, 0.4) is 0 Å². The maximum atomic E-state index is 14.0. The van der Waals surface area contributed by atoms with Gasteiger partial charge in [-0.3, -0.25) is 14.4 Å². The molecule has 0 spiro atoms. The molecule has 4 heterocycles. The Labute approximate surface area is 403 Å². The number of carbonyl (C=O) groups excluding carboxylic acids is 3. The summed E-state index contributed by atoms with van der Waals surface area (Å²) in [5.74, 6) is -6.45.